The van der Waals surface area contributed by atoms with Crippen LogP contribution in [-0.4, -0.2) is 9.97 Å². The van der Waals surface area contributed by atoms with Crippen LogP contribution in [-0.2, 0) is 0 Å². The van der Waals surface area contributed by atoms with Gasteiger partial charge >= 0.3 is 0 Å². The summed E-state index contributed by atoms with van der Waals surface area (Å²) in [6, 6.07) is 7.88. The Balaban J connectivity index is 2.62. The zero-order chi connectivity index (χ0) is 9.26. The molecule has 13 heavy (non-hydrogen) atoms. The van der Waals surface area contributed by atoms with E-state index in [1.54, 1.807) is 0 Å². The molecule has 0 aliphatic heterocycles. The van der Waals surface area contributed by atoms with Gasteiger partial charge in [0.25, 0.3) is 0 Å². The van der Waals surface area contributed by atoms with Gasteiger partial charge in [-0.2, -0.15) is 0 Å². The summed E-state index contributed by atoms with van der Waals surface area (Å²) in [7, 11) is 0. The number of nitrogens with zero attached hydrogens (tertiary/aromatic N) is 2. The fourth-order valence-electron chi connectivity index (χ4n) is 1.16. The molecular weight excluding hydrogens is 228 g/mol. The molecule has 0 bridgehead atoms. The van der Waals surface area contributed by atoms with Crippen LogP contribution in [0.5, 0.6) is 0 Å². The maximum Gasteiger partial charge on any atom is 0.0890 e. The largest absolute Gasteiger partial charge is 0.253 e. The lowest BCUT2D eigenvalue weighted by molar-refractivity contribution is 1.02. The molecule has 0 amide bonds. The monoisotopic (exact) mass is 236 g/mol. The van der Waals surface area contributed by atoms with Crippen LogP contribution in [0.4, 0.5) is 0 Å². The van der Waals surface area contributed by atoms with Crippen LogP contribution < -0.4 is 0 Å². The molecule has 3 heteroatoms. The van der Waals surface area contributed by atoms with Crippen molar-refractivity contribution in [3.63, 3.8) is 0 Å². The smallest absolute Gasteiger partial charge is 0.0890 e. The molecule has 0 radical (unpaired) electrons. The van der Waals surface area contributed by atoms with E-state index in [4.69, 9.17) is 0 Å². The van der Waals surface area contributed by atoms with Crippen LogP contribution in [0.2, 0.25) is 0 Å². The lowest BCUT2D eigenvalue weighted by Gasteiger charge is -2.02. The van der Waals surface area contributed by atoms with Crippen LogP contribution in [0.3, 0.4) is 0 Å². The molecule has 1 aromatic heterocycles. The average molecular weight is 237 g/mol. The summed E-state index contributed by atoms with van der Waals surface area (Å²) in [5, 5.41) is 0. The fraction of sp³-hybridized carbons (Fsp3) is 0.200. The minimum absolute atomic E-state index is 0.254. The zero-order valence-corrected chi connectivity index (χ0v) is 8.82. The van der Waals surface area contributed by atoms with E-state index in [0.29, 0.717) is 0 Å². The third kappa shape index (κ3) is 1.70. The van der Waals surface area contributed by atoms with Gasteiger partial charge in [0.2, 0.25) is 0 Å². The van der Waals surface area contributed by atoms with E-state index in [1.807, 2.05) is 37.4 Å². The summed E-state index contributed by atoms with van der Waals surface area (Å²) in [5.41, 5.74) is 2.87. The Bertz CT molecular complexity index is 426. The number of halogens is 1. The Labute approximate surface area is 85.1 Å². The molecule has 1 unspecified atom stereocenters. The molecule has 0 N–H and O–H groups in total. The Morgan fingerprint density at radius 2 is 1.92 bits per heavy atom. The number of para-hydroxylation sites is 2. The molecule has 0 aliphatic rings. The number of hydrogen-bond acceptors (Lipinski definition) is 2. The number of aromatic nitrogens is 2. The quantitative estimate of drug-likeness (QED) is 0.712. The van der Waals surface area contributed by atoms with Crippen LogP contribution in [0.1, 0.15) is 17.4 Å². The third-order valence-electron chi connectivity index (χ3n) is 1.87. The van der Waals surface area contributed by atoms with Crippen molar-refractivity contribution in [2.45, 2.75) is 11.8 Å². The third-order valence-corrected chi connectivity index (χ3v) is 2.34. The second-order valence-corrected chi connectivity index (χ2v) is 4.27. The number of alkyl halides is 1. The summed E-state index contributed by atoms with van der Waals surface area (Å²) in [6.07, 6.45) is 1.81. The van der Waals surface area contributed by atoms with E-state index in [0.717, 1.165) is 16.7 Å². The second-order valence-electron chi connectivity index (χ2n) is 2.90. The van der Waals surface area contributed by atoms with Gasteiger partial charge in [-0.05, 0) is 19.1 Å². The molecule has 2 rings (SSSR count). The Hall–Kier alpha value is -0.960. The van der Waals surface area contributed by atoms with Crippen molar-refractivity contribution < 1.29 is 0 Å². The molecule has 2 nitrogen and oxygen atoms in total. The predicted octanol–water partition coefficient (Wildman–Crippen LogP) is 3.09. The Morgan fingerprint density at radius 3 is 2.62 bits per heavy atom. The van der Waals surface area contributed by atoms with Gasteiger partial charge in [-0.1, -0.05) is 28.1 Å². The van der Waals surface area contributed by atoms with Crippen molar-refractivity contribution in [3.8, 4) is 0 Å². The van der Waals surface area contributed by atoms with E-state index in [1.165, 1.54) is 0 Å². The van der Waals surface area contributed by atoms with Gasteiger partial charge in [-0.3, -0.25) is 4.98 Å². The summed E-state index contributed by atoms with van der Waals surface area (Å²) in [4.78, 5) is 9.03. The molecule has 0 saturated carbocycles. The summed E-state index contributed by atoms with van der Waals surface area (Å²) in [6.45, 7) is 2.04. The van der Waals surface area contributed by atoms with Gasteiger partial charge in [0, 0.05) is 0 Å². The van der Waals surface area contributed by atoms with Crippen molar-refractivity contribution in [3.05, 3.63) is 36.2 Å². The maximum absolute atomic E-state index is 4.47. The fourth-order valence-corrected chi connectivity index (χ4v) is 1.38. The van der Waals surface area contributed by atoms with E-state index >= 15 is 0 Å². The first-order valence-corrected chi connectivity index (χ1v) is 5.04. The molecule has 0 fully saturated rings. The van der Waals surface area contributed by atoms with Crippen molar-refractivity contribution in [2.75, 3.05) is 0 Å². The standard InChI is InChI=1S/C10H9BrN2/c1-7(11)10-6-12-8-4-2-3-5-9(8)13-10/h2-7H,1H3. The average Bonchev–Trinajstić information content (AvgIpc) is 2.17. The Kier molecular flexibility index (Phi) is 2.27. The van der Waals surface area contributed by atoms with Crippen LogP contribution in [0.25, 0.3) is 11.0 Å². The van der Waals surface area contributed by atoms with Crippen molar-refractivity contribution in [1.29, 1.82) is 0 Å². The highest BCUT2D eigenvalue weighted by atomic mass is 79.9. The highest BCUT2D eigenvalue weighted by Crippen LogP contribution is 2.20. The molecule has 1 atom stereocenters. The van der Waals surface area contributed by atoms with E-state index in [2.05, 4.69) is 25.9 Å². The number of benzene rings is 1. The minimum atomic E-state index is 0.254. The normalized spacial score (nSPS) is 13.1. The highest BCUT2D eigenvalue weighted by molar-refractivity contribution is 9.09. The van der Waals surface area contributed by atoms with Crippen LogP contribution in [0.15, 0.2) is 30.5 Å². The highest BCUT2D eigenvalue weighted by Gasteiger charge is 2.03. The first-order valence-electron chi connectivity index (χ1n) is 4.13. The maximum atomic E-state index is 4.47. The minimum Gasteiger partial charge on any atom is -0.253 e. The van der Waals surface area contributed by atoms with E-state index < -0.39 is 0 Å². The lowest BCUT2D eigenvalue weighted by Crippen LogP contribution is -1.92. The molecule has 0 spiro atoms. The van der Waals surface area contributed by atoms with Gasteiger partial charge in [0.05, 0.1) is 27.8 Å². The molecule has 66 valence electrons. The van der Waals surface area contributed by atoms with E-state index in [-0.39, 0.29) is 4.83 Å². The predicted molar refractivity (Wildman–Crippen MR) is 56.9 cm³/mol. The molecule has 0 aliphatic carbocycles. The van der Waals surface area contributed by atoms with Crippen molar-refractivity contribution in [1.82, 2.24) is 9.97 Å². The number of hydrogen-bond donors (Lipinski definition) is 0. The molecule has 1 heterocycles. The van der Waals surface area contributed by atoms with Gasteiger partial charge < -0.3 is 0 Å². The first kappa shape index (κ1) is 8.63. The van der Waals surface area contributed by atoms with Crippen LogP contribution >= 0.6 is 15.9 Å². The summed E-state index contributed by atoms with van der Waals surface area (Å²) in [5.74, 6) is 0. The van der Waals surface area contributed by atoms with Gasteiger partial charge in [0.1, 0.15) is 0 Å². The topological polar surface area (TPSA) is 25.8 Å². The lowest BCUT2D eigenvalue weighted by atomic mass is 10.3. The van der Waals surface area contributed by atoms with Crippen molar-refractivity contribution >= 4 is 27.0 Å². The van der Waals surface area contributed by atoms with Gasteiger partial charge in [-0.25, -0.2) is 4.98 Å². The molecule has 2 aromatic rings. The van der Waals surface area contributed by atoms with E-state index in [9.17, 15) is 0 Å². The Morgan fingerprint density at radius 1 is 1.23 bits per heavy atom. The molecular formula is C10H9BrN2. The second kappa shape index (κ2) is 3.42. The van der Waals surface area contributed by atoms with Gasteiger partial charge in [0.15, 0.2) is 0 Å². The summed E-state index contributed by atoms with van der Waals surface area (Å²) < 4.78 is 0. The molecule has 0 saturated heterocycles. The number of fused-ring (bicyclic) bond motifs is 1. The first-order chi connectivity index (χ1) is 6.27. The SMILES string of the molecule is CC(Br)c1cnc2ccccc2n1. The molecule has 1 aromatic carbocycles. The van der Waals surface area contributed by atoms with Crippen molar-refractivity contribution in [2.24, 2.45) is 0 Å². The summed E-state index contributed by atoms with van der Waals surface area (Å²) >= 11 is 3.47. The number of rotatable bonds is 1. The zero-order valence-electron chi connectivity index (χ0n) is 7.24. The van der Waals surface area contributed by atoms with Crippen LogP contribution in [0, 0.1) is 0 Å². The van der Waals surface area contributed by atoms with Gasteiger partial charge in [-0.15, -0.1) is 0 Å².